The number of guanidine groups is 1. The van der Waals surface area contributed by atoms with Gasteiger partial charge in [0.1, 0.15) is 11.6 Å². The monoisotopic (exact) mass is 534 g/mol. The average molecular weight is 535 g/mol. The van der Waals surface area contributed by atoms with Crippen LogP contribution in [0.25, 0.3) is 0 Å². The molecule has 1 saturated heterocycles. The zero-order valence-corrected chi connectivity index (χ0v) is 19.2. The summed E-state index contributed by atoms with van der Waals surface area (Å²) in [4.78, 5) is 14.7. The van der Waals surface area contributed by atoms with Gasteiger partial charge in [0.25, 0.3) is 0 Å². The predicted molar refractivity (Wildman–Crippen MR) is 124 cm³/mol. The predicted octanol–water partition coefficient (Wildman–Crippen LogP) is 3.10. The normalized spacial score (nSPS) is 16.3. The van der Waals surface area contributed by atoms with Gasteiger partial charge in [0.2, 0.25) is 5.88 Å². The molecule has 2 aromatic rings. The van der Waals surface area contributed by atoms with Gasteiger partial charge in [-0.15, -0.1) is 24.0 Å². The quantitative estimate of drug-likeness (QED) is 0.246. The number of aromatic nitrogens is 2. The van der Waals surface area contributed by atoms with Crippen LogP contribution in [-0.2, 0) is 0 Å². The minimum atomic E-state index is -0.297. The fourth-order valence-corrected chi connectivity index (χ4v) is 3.15. The maximum Gasteiger partial charge on any atom is 0.232 e. The molecule has 0 bridgehead atoms. The highest BCUT2D eigenvalue weighted by atomic mass is 127. The van der Waals surface area contributed by atoms with Crippen LogP contribution in [0.1, 0.15) is 13.3 Å². The number of nitrogens with one attached hydrogen (secondary N) is 2. The highest BCUT2D eigenvalue weighted by molar-refractivity contribution is 14.0. The molecule has 0 amide bonds. The van der Waals surface area contributed by atoms with Crippen LogP contribution >= 0.6 is 35.6 Å². The topological polar surface area (TPSA) is 74.7 Å². The Labute approximate surface area is 192 Å². The summed E-state index contributed by atoms with van der Waals surface area (Å²) >= 11 is 6.02. The van der Waals surface area contributed by atoms with E-state index in [2.05, 4.69) is 25.6 Å². The highest BCUT2D eigenvalue weighted by Crippen LogP contribution is 2.21. The molecule has 1 aliphatic rings. The molecular weight excluding hydrogens is 510 g/mol. The van der Waals surface area contributed by atoms with Crippen molar-refractivity contribution in [3.05, 3.63) is 47.5 Å². The number of hydrogen-bond acceptors (Lipinski definition) is 5. The standard InChI is InChI=1S/C19H24ClFN6O.HI/c1-2-22-19(25-10-12-28-18-15(20)5-3-9-24-18)26-14-7-11-27(13-14)17-16(21)6-4-8-23-17;/h3-6,8-9,14H,2,7,10-13H2,1H3,(H2,22,25,26);1H. The number of nitrogens with zero attached hydrogens (tertiary/aromatic N) is 4. The molecule has 0 aliphatic carbocycles. The van der Waals surface area contributed by atoms with Crippen molar-refractivity contribution in [2.45, 2.75) is 19.4 Å². The fourth-order valence-electron chi connectivity index (χ4n) is 2.97. The average Bonchev–Trinajstić information content (AvgIpc) is 3.15. The number of ether oxygens (including phenoxy) is 1. The lowest BCUT2D eigenvalue weighted by Crippen LogP contribution is -2.45. The van der Waals surface area contributed by atoms with Crippen molar-refractivity contribution in [3.8, 4) is 5.88 Å². The van der Waals surface area contributed by atoms with Crippen LogP contribution in [0.4, 0.5) is 10.2 Å². The third-order valence-electron chi connectivity index (χ3n) is 4.24. The van der Waals surface area contributed by atoms with E-state index in [0.29, 0.717) is 42.4 Å². The number of halogens is 3. The van der Waals surface area contributed by atoms with Gasteiger partial charge in [-0.2, -0.15) is 0 Å². The first kappa shape index (κ1) is 23.4. The summed E-state index contributed by atoms with van der Waals surface area (Å²) in [5, 5.41) is 7.09. The number of aliphatic imine (C=N–C) groups is 1. The Bertz CT molecular complexity index is 812. The first-order valence-corrected chi connectivity index (χ1v) is 9.68. The molecule has 2 aromatic heterocycles. The summed E-state index contributed by atoms with van der Waals surface area (Å²) < 4.78 is 19.5. The van der Waals surface area contributed by atoms with Gasteiger partial charge in [0.05, 0.1) is 6.54 Å². The zero-order valence-electron chi connectivity index (χ0n) is 16.1. The molecule has 3 heterocycles. The van der Waals surface area contributed by atoms with Gasteiger partial charge in [0, 0.05) is 38.1 Å². The Hall–Kier alpha value is -1.88. The molecule has 3 rings (SSSR count). The van der Waals surface area contributed by atoms with E-state index < -0.39 is 0 Å². The largest absolute Gasteiger partial charge is 0.475 e. The minimum Gasteiger partial charge on any atom is -0.475 e. The van der Waals surface area contributed by atoms with Gasteiger partial charge in [-0.1, -0.05) is 11.6 Å². The van der Waals surface area contributed by atoms with Gasteiger partial charge < -0.3 is 20.3 Å². The van der Waals surface area contributed by atoms with E-state index in [1.54, 1.807) is 30.6 Å². The molecule has 0 saturated carbocycles. The van der Waals surface area contributed by atoms with E-state index in [9.17, 15) is 4.39 Å². The SMILES string of the molecule is CCNC(=NCCOc1ncccc1Cl)NC1CCN(c2ncccc2F)C1.I. The van der Waals surface area contributed by atoms with Crippen molar-refractivity contribution in [2.75, 3.05) is 37.7 Å². The molecule has 0 spiro atoms. The Morgan fingerprint density at radius 3 is 2.90 bits per heavy atom. The Balaban J connectivity index is 0.00000300. The highest BCUT2D eigenvalue weighted by Gasteiger charge is 2.25. The zero-order chi connectivity index (χ0) is 19.8. The second-order valence-electron chi connectivity index (χ2n) is 6.28. The molecule has 10 heteroatoms. The van der Waals surface area contributed by atoms with Crippen LogP contribution in [0, 0.1) is 5.82 Å². The summed E-state index contributed by atoms with van der Waals surface area (Å²) in [6, 6.07) is 6.67. The lowest BCUT2D eigenvalue weighted by Gasteiger charge is -2.20. The van der Waals surface area contributed by atoms with E-state index in [4.69, 9.17) is 16.3 Å². The van der Waals surface area contributed by atoms with Gasteiger partial charge in [0.15, 0.2) is 17.6 Å². The summed E-state index contributed by atoms with van der Waals surface area (Å²) in [6.45, 7) is 4.97. The fraction of sp³-hybridized carbons (Fsp3) is 0.421. The van der Waals surface area contributed by atoms with Crippen LogP contribution in [0.5, 0.6) is 5.88 Å². The van der Waals surface area contributed by atoms with Crippen molar-refractivity contribution < 1.29 is 9.13 Å². The molecule has 1 atom stereocenters. The molecular formula is C19H25ClFIN6O. The Morgan fingerprint density at radius 2 is 2.14 bits per heavy atom. The van der Waals surface area contributed by atoms with Crippen molar-refractivity contribution in [3.63, 3.8) is 0 Å². The Kier molecular flexibility index (Phi) is 9.65. The van der Waals surface area contributed by atoms with Crippen molar-refractivity contribution in [1.82, 2.24) is 20.6 Å². The first-order valence-electron chi connectivity index (χ1n) is 9.31. The van der Waals surface area contributed by atoms with Gasteiger partial charge in [-0.25, -0.2) is 19.4 Å². The molecule has 1 aliphatic heterocycles. The smallest absolute Gasteiger partial charge is 0.232 e. The van der Waals surface area contributed by atoms with Crippen LogP contribution in [0.3, 0.4) is 0 Å². The Morgan fingerprint density at radius 1 is 1.34 bits per heavy atom. The third kappa shape index (κ3) is 6.84. The first-order chi connectivity index (χ1) is 13.7. The maximum atomic E-state index is 13.9. The van der Waals surface area contributed by atoms with Gasteiger partial charge in [-0.05, 0) is 37.6 Å². The number of pyridine rings is 2. The molecule has 1 fully saturated rings. The second kappa shape index (κ2) is 12.0. The molecule has 1 unspecified atom stereocenters. The lowest BCUT2D eigenvalue weighted by atomic mass is 10.3. The second-order valence-corrected chi connectivity index (χ2v) is 6.69. The molecule has 29 heavy (non-hydrogen) atoms. The van der Waals surface area contributed by atoms with E-state index >= 15 is 0 Å². The van der Waals surface area contributed by atoms with Crippen LogP contribution in [0.2, 0.25) is 5.02 Å². The summed E-state index contributed by atoms with van der Waals surface area (Å²) in [7, 11) is 0. The molecule has 158 valence electrons. The lowest BCUT2D eigenvalue weighted by molar-refractivity contribution is 0.316. The van der Waals surface area contributed by atoms with E-state index in [1.807, 2.05) is 11.8 Å². The van der Waals surface area contributed by atoms with Crippen LogP contribution in [-0.4, -0.2) is 54.8 Å². The van der Waals surface area contributed by atoms with E-state index in [-0.39, 0.29) is 35.8 Å². The molecule has 7 nitrogen and oxygen atoms in total. The molecule has 0 radical (unpaired) electrons. The number of hydrogen-bond donors (Lipinski definition) is 2. The number of anilines is 1. The van der Waals surface area contributed by atoms with Crippen molar-refractivity contribution in [2.24, 2.45) is 4.99 Å². The van der Waals surface area contributed by atoms with E-state index in [1.165, 1.54) is 6.07 Å². The summed E-state index contributed by atoms with van der Waals surface area (Å²) in [5.41, 5.74) is 0. The summed E-state index contributed by atoms with van der Waals surface area (Å²) in [5.74, 6) is 1.20. The third-order valence-corrected chi connectivity index (χ3v) is 4.52. The van der Waals surface area contributed by atoms with Crippen LogP contribution in [0.15, 0.2) is 41.7 Å². The van der Waals surface area contributed by atoms with Gasteiger partial charge in [-0.3, -0.25) is 0 Å². The van der Waals surface area contributed by atoms with Crippen molar-refractivity contribution in [1.29, 1.82) is 0 Å². The van der Waals surface area contributed by atoms with Gasteiger partial charge >= 0.3 is 0 Å². The minimum absolute atomic E-state index is 0. The van der Waals surface area contributed by atoms with E-state index in [0.717, 1.165) is 19.5 Å². The maximum absolute atomic E-state index is 13.9. The number of rotatable bonds is 7. The van der Waals surface area contributed by atoms with Crippen LogP contribution < -0.4 is 20.3 Å². The van der Waals surface area contributed by atoms with Crippen molar-refractivity contribution >= 4 is 47.4 Å². The molecule has 2 N–H and O–H groups in total. The summed E-state index contributed by atoms with van der Waals surface area (Å²) in [6.07, 6.45) is 4.12. The molecule has 0 aromatic carbocycles.